The summed E-state index contributed by atoms with van der Waals surface area (Å²) in [5.74, 6) is 0.780. The molecule has 0 saturated carbocycles. The average molecular weight is 231 g/mol. The smallest absolute Gasteiger partial charge is 0.273 e. The van der Waals surface area contributed by atoms with Gasteiger partial charge in [-0.15, -0.1) is 0 Å². The number of nitrogens with zero attached hydrogens (tertiary/aromatic N) is 1. The van der Waals surface area contributed by atoms with Crippen LogP contribution >= 0.6 is 9.47 Å². The maximum absolute atomic E-state index is 10.4. The highest BCUT2D eigenvalue weighted by Crippen LogP contribution is 2.31. The SMILES string of the molecule is CC.COc1ccc([N+](=O)[O-])cc1OP. The number of ether oxygens (including phenoxy) is 1. The van der Waals surface area contributed by atoms with Gasteiger partial charge in [-0.1, -0.05) is 13.8 Å². The first-order valence-corrected chi connectivity index (χ1v) is 4.85. The summed E-state index contributed by atoms with van der Waals surface area (Å²) in [5.41, 5.74) is -0.0294. The maximum atomic E-state index is 10.4. The van der Waals surface area contributed by atoms with Crippen molar-refractivity contribution in [2.24, 2.45) is 0 Å². The Bertz CT molecular complexity index is 330. The van der Waals surface area contributed by atoms with Gasteiger partial charge in [0.25, 0.3) is 5.69 Å². The van der Waals surface area contributed by atoms with Gasteiger partial charge >= 0.3 is 0 Å². The topological polar surface area (TPSA) is 61.6 Å². The van der Waals surface area contributed by atoms with Crippen molar-refractivity contribution in [1.82, 2.24) is 0 Å². The van der Waals surface area contributed by atoms with E-state index in [1.54, 1.807) is 0 Å². The molecule has 1 atom stereocenters. The monoisotopic (exact) mass is 231 g/mol. The lowest BCUT2D eigenvalue weighted by molar-refractivity contribution is -0.384. The fraction of sp³-hybridized carbons (Fsp3) is 0.333. The Morgan fingerprint density at radius 2 is 1.93 bits per heavy atom. The Labute approximate surface area is 90.8 Å². The lowest BCUT2D eigenvalue weighted by Gasteiger charge is -2.05. The van der Waals surface area contributed by atoms with E-state index in [9.17, 15) is 10.1 Å². The number of benzene rings is 1. The van der Waals surface area contributed by atoms with E-state index in [-0.39, 0.29) is 5.69 Å². The highest BCUT2D eigenvalue weighted by molar-refractivity contribution is 7.10. The minimum Gasteiger partial charge on any atom is -0.493 e. The van der Waals surface area contributed by atoms with Gasteiger partial charge in [0.2, 0.25) is 0 Å². The van der Waals surface area contributed by atoms with Gasteiger partial charge in [0, 0.05) is 6.07 Å². The Morgan fingerprint density at radius 3 is 2.33 bits per heavy atom. The standard InChI is InChI=1S/C7H8NO4P.C2H6/c1-11-6-3-2-5(8(9)10)4-7(6)12-13;1-2/h2-4H,13H2,1H3;1-2H3. The molecule has 0 fully saturated rings. The molecule has 1 unspecified atom stereocenters. The Balaban J connectivity index is 0.000000921. The van der Waals surface area contributed by atoms with E-state index < -0.39 is 4.92 Å². The van der Waals surface area contributed by atoms with E-state index in [4.69, 9.17) is 9.26 Å². The van der Waals surface area contributed by atoms with E-state index in [1.165, 1.54) is 25.3 Å². The molecule has 0 aromatic heterocycles. The van der Waals surface area contributed by atoms with Crippen LogP contribution in [0.25, 0.3) is 0 Å². The molecule has 0 N–H and O–H groups in total. The fourth-order valence-electron chi connectivity index (χ4n) is 0.871. The lowest BCUT2D eigenvalue weighted by atomic mass is 10.3. The highest BCUT2D eigenvalue weighted by Gasteiger charge is 2.10. The molecule has 5 nitrogen and oxygen atoms in total. The molecule has 15 heavy (non-hydrogen) atoms. The van der Waals surface area contributed by atoms with E-state index in [0.717, 1.165) is 0 Å². The van der Waals surface area contributed by atoms with Crippen LogP contribution in [-0.2, 0) is 0 Å². The number of non-ortho nitro benzene ring substituents is 1. The largest absolute Gasteiger partial charge is 0.493 e. The summed E-state index contributed by atoms with van der Waals surface area (Å²) in [5, 5.41) is 10.4. The third kappa shape index (κ3) is 3.72. The average Bonchev–Trinajstić information content (AvgIpc) is 2.30. The zero-order valence-corrected chi connectivity index (χ0v) is 10.0. The Kier molecular flexibility index (Phi) is 6.38. The second kappa shape index (κ2) is 7.01. The van der Waals surface area contributed by atoms with Crippen molar-refractivity contribution in [3.8, 4) is 11.5 Å². The molecule has 0 aliphatic carbocycles. The molecule has 0 heterocycles. The van der Waals surface area contributed by atoms with Crippen molar-refractivity contribution < 1.29 is 14.2 Å². The zero-order valence-electron chi connectivity index (χ0n) is 8.89. The molecule has 0 aliphatic rings. The predicted molar refractivity (Wildman–Crippen MR) is 61.3 cm³/mol. The van der Waals surface area contributed by atoms with Gasteiger partial charge in [-0.05, 0) is 6.07 Å². The van der Waals surface area contributed by atoms with Gasteiger partial charge in [-0.2, -0.15) is 0 Å². The number of nitro groups is 1. The minimum atomic E-state index is -0.493. The van der Waals surface area contributed by atoms with E-state index in [0.29, 0.717) is 11.5 Å². The van der Waals surface area contributed by atoms with Crippen molar-refractivity contribution in [3.05, 3.63) is 28.3 Å². The summed E-state index contributed by atoms with van der Waals surface area (Å²) in [6.07, 6.45) is 0. The summed E-state index contributed by atoms with van der Waals surface area (Å²) in [6.45, 7) is 4.00. The van der Waals surface area contributed by atoms with E-state index in [1.807, 2.05) is 23.3 Å². The molecule has 84 valence electrons. The molecule has 0 radical (unpaired) electrons. The highest BCUT2D eigenvalue weighted by atomic mass is 31.0. The molecule has 1 rings (SSSR count). The summed E-state index contributed by atoms with van der Waals surface area (Å²) >= 11 is 0. The van der Waals surface area contributed by atoms with Crippen LogP contribution in [0, 0.1) is 10.1 Å². The number of hydrogen-bond acceptors (Lipinski definition) is 4. The van der Waals surface area contributed by atoms with Gasteiger partial charge in [0.1, 0.15) is 0 Å². The summed E-state index contributed by atoms with van der Waals surface area (Å²) in [4.78, 5) is 9.88. The molecule has 0 aliphatic heterocycles. The van der Waals surface area contributed by atoms with Gasteiger partial charge in [0.15, 0.2) is 11.5 Å². The van der Waals surface area contributed by atoms with Crippen molar-refractivity contribution in [3.63, 3.8) is 0 Å². The normalized spacial score (nSPS) is 8.53. The van der Waals surface area contributed by atoms with Gasteiger partial charge < -0.3 is 9.26 Å². The third-order valence-electron chi connectivity index (χ3n) is 1.48. The Hall–Kier alpha value is -1.35. The summed E-state index contributed by atoms with van der Waals surface area (Å²) in [6, 6.07) is 4.13. The molecular formula is C9H14NO4P. The predicted octanol–water partition coefficient (Wildman–Crippen LogP) is 2.80. The van der Waals surface area contributed by atoms with Gasteiger partial charge in [0.05, 0.1) is 27.6 Å². The molecular weight excluding hydrogens is 217 g/mol. The summed E-state index contributed by atoms with van der Waals surface area (Å²) in [7, 11) is 3.48. The maximum Gasteiger partial charge on any atom is 0.273 e. The first-order valence-electron chi connectivity index (χ1n) is 4.38. The van der Waals surface area contributed by atoms with Crippen LogP contribution in [0.4, 0.5) is 5.69 Å². The first kappa shape index (κ1) is 13.7. The van der Waals surface area contributed by atoms with E-state index >= 15 is 0 Å². The number of methoxy groups -OCH3 is 1. The molecule has 1 aromatic rings. The molecule has 1 aromatic carbocycles. The molecule has 0 spiro atoms. The first-order chi connectivity index (χ1) is 7.19. The zero-order chi connectivity index (χ0) is 11.8. The van der Waals surface area contributed by atoms with Crippen molar-refractivity contribution in [2.75, 3.05) is 7.11 Å². The molecule has 0 bridgehead atoms. The van der Waals surface area contributed by atoms with Gasteiger partial charge in [-0.3, -0.25) is 10.1 Å². The molecule has 0 amide bonds. The Morgan fingerprint density at radius 1 is 1.33 bits per heavy atom. The van der Waals surface area contributed by atoms with Crippen LogP contribution < -0.4 is 9.26 Å². The molecule has 6 heteroatoms. The number of hydrogen-bond donors (Lipinski definition) is 0. The van der Waals surface area contributed by atoms with Crippen molar-refractivity contribution >= 4 is 15.2 Å². The second-order valence-electron chi connectivity index (χ2n) is 2.21. The minimum absolute atomic E-state index is 0.0294. The second-order valence-corrected chi connectivity index (χ2v) is 2.45. The number of rotatable bonds is 3. The summed E-state index contributed by atoms with van der Waals surface area (Å²) < 4.78 is 9.72. The van der Waals surface area contributed by atoms with Gasteiger partial charge in [-0.25, -0.2) is 0 Å². The van der Waals surface area contributed by atoms with Crippen LogP contribution in [0.2, 0.25) is 0 Å². The fourth-order valence-corrected chi connectivity index (χ4v) is 1.06. The molecule has 0 saturated heterocycles. The van der Waals surface area contributed by atoms with Crippen LogP contribution in [0.5, 0.6) is 11.5 Å². The van der Waals surface area contributed by atoms with Crippen molar-refractivity contribution in [2.45, 2.75) is 13.8 Å². The quantitative estimate of drug-likeness (QED) is 0.456. The van der Waals surface area contributed by atoms with Crippen molar-refractivity contribution in [1.29, 1.82) is 0 Å². The van der Waals surface area contributed by atoms with Crippen LogP contribution in [-0.4, -0.2) is 12.0 Å². The third-order valence-corrected chi connectivity index (χ3v) is 1.74. The van der Waals surface area contributed by atoms with Crippen LogP contribution in [0.15, 0.2) is 18.2 Å². The van der Waals surface area contributed by atoms with Crippen LogP contribution in [0.1, 0.15) is 13.8 Å². The van der Waals surface area contributed by atoms with E-state index in [2.05, 4.69) is 0 Å². The number of nitro benzene ring substituents is 1. The lowest BCUT2D eigenvalue weighted by Crippen LogP contribution is -1.91. The van der Waals surface area contributed by atoms with Crippen LogP contribution in [0.3, 0.4) is 0 Å².